The van der Waals surface area contributed by atoms with Crippen LogP contribution in [0.2, 0.25) is 0 Å². The van der Waals surface area contributed by atoms with Crippen LogP contribution in [-0.2, 0) is 38.3 Å². The van der Waals surface area contributed by atoms with E-state index in [1.807, 2.05) is 27.0 Å². The maximum Gasteiger partial charge on any atom is 0.373 e. The number of halogens is 2. The fraction of sp³-hybridized carbons (Fsp3) is 0.280. The Morgan fingerprint density at radius 1 is 0.816 bits per heavy atom. The van der Waals surface area contributed by atoms with Gasteiger partial charge in [0.2, 0.25) is 0 Å². The van der Waals surface area contributed by atoms with Crippen molar-refractivity contribution in [3.05, 3.63) is 72.9 Å². The van der Waals surface area contributed by atoms with E-state index in [2.05, 4.69) is 38.3 Å². The fourth-order valence-corrected chi connectivity index (χ4v) is 1.96. The molecule has 0 bridgehead atoms. The molecule has 0 aliphatic carbocycles. The molecule has 0 aliphatic rings. The normalized spacial score (nSPS) is 11.2. The van der Waals surface area contributed by atoms with Crippen LogP contribution < -0.4 is 5.48 Å². The van der Waals surface area contributed by atoms with E-state index >= 15 is 0 Å². The number of aldehydes is 1. The second-order valence-electron chi connectivity index (χ2n) is 5.77. The molecule has 0 radical (unpaired) electrons. The molecule has 10 nitrogen and oxygen atoms in total. The standard InChI is InChI=1S/C12H14O3.C11H17NO3S.CCl2O.CO2/c1-3-5-7-9-11(13)15-12(14)10-8-6-4-2;1-3-4-5-6-11(14)15-12-10(9-13)7-8-16-2;2-1(3)4;2-1-3/h3-10H,1-2H3;3-6,9-10,12H,7-8H2,1-2H3;;/b5-3+,6-4+,9-7+,10-8+;4-3+,6-5+;;/t;10-;;/m.0../s1. The summed E-state index contributed by atoms with van der Waals surface area (Å²) in [5.74, 6) is -1.04. The van der Waals surface area contributed by atoms with Crippen molar-refractivity contribution in [1.82, 2.24) is 5.48 Å². The molecule has 210 valence electrons. The van der Waals surface area contributed by atoms with Crippen LogP contribution in [0.3, 0.4) is 0 Å². The molecule has 0 heterocycles. The number of esters is 2. The first-order chi connectivity index (χ1) is 18.1. The lowest BCUT2D eigenvalue weighted by Gasteiger charge is -2.09. The van der Waals surface area contributed by atoms with Crippen molar-refractivity contribution in [3.8, 4) is 0 Å². The minimum absolute atomic E-state index is 0.250. The maximum absolute atomic E-state index is 11.1. The summed E-state index contributed by atoms with van der Waals surface area (Å²) in [5, 5.41) is 0. The number of nitrogens with one attached hydrogen (secondary N) is 1. The van der Waals surface area contributed by atoms with Crippen LogP contribution in [0.5, 0.6) is 0 Å². The molecule has 0 aliphatic heterocycles. The van der Waals surface area contributed by atoms with Gasteiger partial charge in [-0.3, -0.25) is 4.79 Å². The molecule has 1 atom stereocenters. The van der Waals surface area contributed by atoms with Crippen LogP contribution in [-0.4, -0.2) is 53.1 Å². The molecule has 0 unspecified atom stereocenters. The number of allylic oxidation sites excluding steroid dienone is 9. The van der Waals surface area contributed by atoms with Gasteiger partial charge in [0.05, 0.1) is 6.04 Å². The Labute approximate surface area is 236 Å². The van der Waals surface area contributed by atoms with Gasteiger partial charge in [0.15, 0.2) is 0 Å². The van der Waals surface area contributed by atoms with Crippen molar-refractivity contribution in [1.29, 1.82) is 0 Å². The Hall–Kier alpha value is -3.34. The largest absolute Gasteiger partial charge is 0.387 e. The lowest BCUT2D eigenvalue weighted by Crippen LogP contribution is -2.32. The van der Waals surface area contributed by atoms with E-state index in [0.717, 1.165) is 12.0 Å². The topological polar surface area (TPSA) is 150 Å². The van der Waals surface area contributed by atoms with Crippen molar-refractivity contribution < 1.29 is 43.1 Å². The number of hydrogen-bond acceptors (Lipinski definition) is 11. The van der Waals surface area contributed by atoms with E-state index in [1.54, 1.807) is 54.3 Å². The number of thioether (sulfide) groups is 1. The van der Waals surface area contributed by atoms with Crippen molar-refractivity contribution >= 4 is 70.0 Å². The highest BCUT2D eigenvalue weighted by Crippen LogP contribution is 1.98. The molecule has 13 heteroatoms. The van der Waals surface area contributed by atoms with Gasteiger partial charge >= 0.3 is 28.8 Å². The molecule has 0 rings (SSSR count). The predicted molar refractivity (Wildman–Crippen MR) is 147 cm³/mol. The first-order valence-electron chi connectivity index (χ1n) is 10.5. The molecular weight excluding hydrogens is 561 g/mol. The minimum Gasteiger partial charge on any atom is -0.387 e. The van der Waals surface area contributed by atoms with Gasteiger partial charge in [0, 0.05) is 18.2 Å². The molecule has 0 spiro atoms. The third kappa shape index (κ3) is 46.1. The Morgan fingerprint density at radius 2 is 1.18 bits per heavy atom. The van der Waals surface area contributed by atoms with Gasteiger partial charge < -0.3 is 14.4 Å². The number of hydroxylamine groups is 1. The summed E-state index contributed by atoms with van der Waals surface area (Å²) < 4.78 is 3.54. The summed E-state index contributed by atoms with van der Waals surface area (Å²) in [4.78, 5) is 73.5. The van der Waals surface area contributed by atoms with Gasteiger partial charge in [-0.05, 0) is 62.4 Å². The van der Waals surface area contributed by atoms with E-state index in [1.165, 1.54) is 30.4 Å². The highest BCUT2D eigenvalue weighted by atomic mass is 35.5. The van der Waals surface area contributed by atoms with Crippen LogP contribution in [0.25, 0.3) is 0 Å². The number of ether oxygens (including phenoxy) is 1. The average molecular weight is 592 g/mol. The van der Waals surface area contributed by atoms with Gasteiger partial charge in [0.1, 0.15) is 6.29 Å². The zero-order chi connectivity index (χ0) is 30.0. The maximum atomic E-state index is 11.1. The SMILES string of the molecule is C/C=C/C=C/C(=O)OC(=O)/C=C/C=C/C.C/C=C/C=C/C(=O)ON[C@H](C=O)CCSC.O=C(Cl)Cl.O=C=O. The van der Waals surface area contributed by atoms with Crippen molar-refractivity contribution in [3.63, 3.8) is 0 Å². The van der Waals surface area contributed by atoms with Crippen LogP contribution in [0, 0.1) is 0 Å². The summed E-state index contributed by atoms with van der Waals surface area (Å²) in [6.07, 6.45) is 22.2. The smallest absolute Gasteiger partial charge is 0.373 e. The summed E-state index contributed by atoms with van der Waals surface area (Å²) >= 11 is 10.4. The molecule has 0 saturated heterocycles. The van der Waals surface area contributed by atoms with Crippen LogP contribution in [0.1, 0.15) is 27.2 Å². The van der Waals surface area contributed by atoms with Crippen molar-refractivity contribution in [2.75, 3.05) is 12.0 Å². The third-order valence-electron chi connectivity index (χ3n) is 2.92. The average Bonchev–Trinajstić information content (AvgIpc) is 2.85. The van der Waals surface area contributed by atoms with Crippen LogP contribution in [0.4, 0.5) is 4.79 Å². The summed E-state index contributed by atoms with van der Waals surface area (Å²) in [5.41, 5.74) is 2.42. The number of rotatable bonds is 12. The van der Waals surface area contributed by atoms with Crippen LogP contribution >= 0.6 is 35.0 Å². The molecular formula is C25H31Cl2NO9S. The van der Waals surface area contributed by atoms with Gasteiger partial charge in [-0.1, -0.05) is 54.7 Å². The van der Waals surface area contributed by atoms with Gasteiger partial charge in [-0.15, -0.1) is 5.48 Å². The van der Waals surface area contributed by atoms with Gasteiger partial charge in [-0.25, -0.2) is 14.4 Å². The monoisotopic (exact) mass is 591 g/mol. The zero-order valence-electron chi connectivity index (χ0n) is 21.3. The van der Waals surface area contributed by atoms with Gasteiger partial charge in [0.25, 0.3) is 0 Å². The minimum atomic E-state index is -0.889. The summed E-state index contributed by atoms with van der Waals surface area (Å²) in [7, 11) is 0. The Bertz CT molecular complexity index is 853. The number of hydrogen-bond donors (Lipinski definition) is 1. The van der Waals surface area contributed by atoms with Crippen LogP contribution in [0.15, 0.2) is 72.9 Å². The Morgan fingerprint density at radius 3 is 1.50 bits per heavy atom. The van der Waals surface area contributed by atoms with Gasteiger partial charge in [-0.2, -0.15) is 21.4 Å². The number of carbonyl (C=O) groups excluding carboxylic acids is 7. The fourth-order valence-electron chi connectivity index (χ4n) is 1.47. The van der Waals surface area contributed by atoms with Crippen molar-refractivity contribution in [2.45, 2.75) is 33.2 Å². The van der Waals surface area contributed by atoms with E-state index in [9.17, 15) is 19.2 Å². The second kappa shape index (κ2) is 35.8. The predicted octanol–water partition coefficient (Wildman–Crippen LogP) is 4.81. The molecule has 0 aromatic carbocycles. The van der Waals surface area contributed by atoms with Crippen molar-refractivity contribution in [2.24, 2.45) is 0 Å². The Kier molecular flexibility index (Phi) is 39.4. The second-order valence-corrected chi connectivity index (χ2v) is 7.63. The number of carbonyl (C=O) groups is 5. The van der Waals surface area contributed by atoms with E-state index in [4.69, 9.17) is 14.4 Å². The molecule has 0 aromatic rings. The summed E-state index contributed by atoms with van der Waals surface area (Å²) in [6.45, 7) is 5.49. The third-order valence-corrected chi connectivity index (χ3v) is 3.56. The van der Waals surface area contributed by atoms with E-state index < -0.39 is 28.7 Å². The quantitative estimate of drug-likeness (QED) is 0.0633. The highest BCUT2D eigenvalue weighted by molar-refractivity contribution is 7.98. The summed E-state index contributed by atoms with van der Waals surface area (Å²) in [6, 6.07) is -0.438. The van der Waals surface area contributed by atoms with E-state index in [-0.39, 0.29) is 6.15 Å². The molecule has 0 aromatic heterocycles. The Balaban J connectivity index is -0.000000244. The molecule has 0 amide bonds. The highest BCUT2D eigenvalue weighted by Gasteiger charge is 2.08. The van der Waals surface area contributed by atoms with E-state index in [0.29, 0.717) is 6.42 Å². The molecule has 0 fully saturated rings. The first-order valence-corrected chi connectivity index (χ1v) is 12.6. The molecule has 0 saturated carbocycles. The lowest BCUT2D eigenvalue weighted by atomic mass is 10.3. The molecule has 1 N–H and O–H groups in total. The lowest BCUT2D eigenvalue weighted by molar-refractivity contribution is -0.191. The first kappa shape index (κ1) is 41.8. The zero-order valence-corrected chi connectivity index (χ0v) is 23.7. The molecule has 38 heavy (non-hydrogen) atoms.